The van der Waals surface area contributed by atoms with Gasteiger partial charge in [-0.05, 0) is 52.9 Å². The number of carbonyl (C=O) groups is 1. The minimum Gasteiger partial charge on any atom is -0.459 e. The van der Waals surface area contributed by atoms with Crippen LogP contribution in [0, 0.1) is 5.41 Å². The molecule has 142 valence electrons. The average molecular weight is 339 g/mol. The van der Waals surface area contributed by atoms with Crippen LogP contribution in [0.15, 0.2) is 0 Å². The Kier molecular flexibility index (Phi) is 10.0. The first-order valence-corrected chi connectivity index (χ1v) is 10.6. The van der Waals surface area contributed by atoms with Gasteiger partial charge in [0, 0.05) is 0 Å². The van der Waals surface area contributed by atoms with Crippen LogP contribution in [-0.2, 0) is 9.53 Å². The van der Waals surface area contributed by atoms with Gasteiger partial charge >= 0.3 is 5.97 Å². The van der Waals surface area contributed by atoms with E-state index in [1.165, 1.54) is 70.6 Å². The first-order chi connectivity index (χ1) is 11.4. The Morgan fingerprint density at radius 1 is 0.833 bits per heavy atom. The fourth-order valence-electron chi connectivity index (χ4n) is 3.90. The number of rotatable bonds is 4. The normalized spacial score (nSPS) is 21.7. The van der Waals surface area contributed by atoms with Crippen LogP contribution in [0.3, 0.4) is 0 Å². The summed E-state index contributed by atoms with van der Waals surface area (Å²) in [5.41, 5.74) is -0.608. The molecule has 0 spiro atoms. The van der Waals surface area contributed by atoms with Gasteiger partial charge in [-0.2, -0.15) is 0 Å². The molecule has 0 amide bonds. The van der Waals surface area contributed by atoms with Gasteiger partial charge in [0.05, 0.1) is 5.41 Å². The molecule has 1 rings (SSSR count). The Morgan fingerprint density at radius 3 is 1.58 bits per heavy atom. The molecule has 0 saturated heterocycles. The lowest BCUT2D eigenvalue weighted by molar-refractivity contribution is -0.171. The molecule has 2 heteroatoms. The van der Waals surface area contributed by atoms with Gasteiger partial charge in [-0.1, -0.05) is 71.1 Å². The van der Waals surface area contributed by atoms with Gasteiger partial charge in [0.2, 0.25) is 0 Å². The van der Waals surface area contributed by atoms with Gasteiger partial charge < -0.3 is 4.74 Å². The zero-order chi connectivity index (χ0) is 17.9. The Morgan fingerprint density at radius 2 is 1.21 bits per heavy atom. The Hall–Kier alpha value is -0.530. The quantitative estimate of drug-likeness (QED) is 0.507. The lowest BCUT2D eigenvalue weighted by atomic mass is 9.86. The maximum atomic E-state index is 12.7. The fourth-order valence-corrected chi connectivity index (χ4v) is 3.90. The number of hydrogen-bond donors (Lipinski definition) is 0. The molecule has 0 atom stereocenters. The lowest BCUT2D eigenvalue weighted by Crippen LogP contribution is -2.38. The van der Waals surface area contributed by atoms with E-state index in [1.807, 2.05) is 13.8 Å². The second kappa shape index (κ2) is 11.2. The SMILES string of the molecule is CCCC(C)(C)C(=O)OC1(C)CCCCCCCCCCCCC1. The third-order valence-corrected chi connectivity index (χ3v) is 5.68. The van der Waals surface area contributed by atoms with Crippen molar-refractivity contribution in [3.63, 3.8) is 0 Å². The molecular weight excluding hydrogens is 296 g/mol. The van der Waals surface area contributed by atoms with Crippen LogP contribution in [0.1, 0.15) is 124 Å². The van der Waals surface area contributed by atoms with E-state index in [-0.39, 0.29) is 17.0 Å². The van der Waals surface area contributed by atoms with E-state index < -0.39 is 0 Å². The number of esters is 1. The van der Waals surface area contributed by atoms with E-state index in [2.05, 4.69) is 13.8 Å². The minimum atomic E-state index is -0.350. The molecule has 0 aromatic carbocycles. The van der Waals surface area contributed by atoms with E-state index in [9.17, 15) is 4.79 Å². The highest BCUT2D eigenvalue weighted by Crippen LogP contribution is 2.32. The molecule has 0 aliphatic heterocycles. The van der Waals surface area contributed by atoms with Crippen molar-refractivity contribution in [3.8, 4) is 0 Å². The molecular formula is C22H42O2. The monoisotopic (exact) mass is 338 g/mol. The van der Waals surface area contributed by atoms with Crippen molar-refractivity contribution in [2.75, 3.05) is 0 Å². The molecule has 0 aromatic heterocycles. The predicted octanol–water partition coefficient (Wildman–Crippen LogP) is 7.20. The highest BCUT2D eigenvalue weighted by atomic mass is 16.6. The molecule has 0 aromatic rings. The third kappa shape index (κ3) is 8.53. The largest absolute Gasteiger partial charge is 0.459 e. The van der Waals surface area contributed by atoms with E-state index in [0.717, 1.165) is 25.7 Å². The molecule has 2 nitrogen and oxygen atoms in total. The first kappa shape index (κ1) is 21.5. The van der Waals surface area contributed by atoms with Crippen LogP contribution < -0.4 is 0 Å². The number of hydrogen-bond acceptors (Lipinski definition) is 2. The molecule has 1 aliphatic rings. The van der Waals surface area contributed by atoms with E-state index in [1.54, 1.807) is 0 Å². The summed E-state index contributed by atoms with van der Waals surface area (Å²) < 4.78 is 6.12. The van der Waals surface area contributed by atoms with Crippen molar-refractivity contribution in [2.24, 2.45) is 5.41 Å². The summed E-state index contributed by atoms with van der Waals surface area (Å²) in [6.45, 7) is 8.38. The van der Waals surface area contributed by atoms with Crippen molar-refractivity contribution in [1.82, 2.24) is 0 Å². The molecule has 1 saturated carbocycles. The number of ether oxygens (including phenoxy) is 1. The van der Waals surface area contributed by atoms with Gasteiger partial charge in [0.1, 0.15) is 5.60 Å². The molecule has 24 heavy (non-hydrogen) atoms. The molecule has 0 bridgehead atoms. The van der Waals surface area contributed by atoms with Crippen molar-refractivity contribution in [1.29, 1.82) is 0 Å². The molecule has 1 fully saturated rings. The predicted molar refractivity (Wildman–Crippen MR) is 103 cm³/mol. The first-order valence-electron chi connectivity index (χ1n) is 10.6. The zero-order valence-electron chi connectivity index (χ0n) is 16.9. The second-order valence-electron chi connectivity index (χ2n) is 8.86. The van der Waals surface area contributed by atoms with Gasteiger partial charge in [-0.15, -0.1) is 0 Å². The van der Waals surface area contributed by atoms with Gasteiger partial charge in [0.15, 0.2) is 0 Å². The summed E-state index contributed by atoms with van der Waals surface area (Å²) in [6, 6.07) is 0. The standard InChI is InChI=1S/C22H42O2/c1-5-17-21(2,3)20(23)24-22(4)18-15-13-11-9-7-6-8-10-12-14-16-19-22/h5-19H2,1-4H3. The summed E-state index contributed by atoms with van der Waals surface area (Å²) in [5, 5.41) is 0. The Bertz CT molecular complexity index is 332. The van der Waals surface area contributed by atoms with Gasteiger partial charge in [-0.3, -0.25) is 4.79 Å². The summed E-state index contributed by atoms with van der Waals surface area (Å²) >= 11 is 0. The molecule has 0 heterocycles. The zero-order valence-corrected chi connectivity index (χ0v) is 16.9. The van der Waals surface area contributed by atoms with E-state index >= 15 is 0 Å². The van der Waals surface area contributed by atoms with Crippen molar-refractivity contribution < 1.29 is 9.53 Å². The minimum absolute atomic E-state index is 0.00738. The van der Waals surface area contributed by atoms with E-state index in [4.69, 9.17) is 4.74 Å². The van der Waals surface area contributed by atoms with Gasteiger partial charge in [0.25, 0.3) is 0 Å². The summed E-state index contributed by atoms with van der Waals surface area (Å²) in [6.07, 6.45) is 18.6. The topological polar surface area (TPSA) is 26.3 Å². The summed E-state index contributed by atoms with van der Waals surface area (Å²) in [4.78, 5) is 12.7. The average Bonchev–Trinajstić information content (AvgIpc) is 2.51. The Balaban J connectivity index is 2.60. The third-order valence-electron chi connectivity index (χ3n) is 5.68. The van der Waals surface area contributed by atoms with Gasteiger partial charge in [-0.25, -0.2) is 0 Å². The molecule has 1 aliphatic carbocycles. The highest BCUT2D eigenvalue weighted by molar-refractivity contribution is 5.76. The van der Waals surface area contributed by atoms with Crippen LogP contribution in [0.4, 0.5) is 0 Å². The van der Waals surface area contributed by atoms with Crippen LogP contribution >= 0.6 is 0 Å². The fraction of sp³-hybridized carbons (Fsp3) is 0.955. The maximum absolute atomic E-state index is 12.7. The maximum Gasteiger partial charge on any atom is 0.312 e. The smallest absolute Gasteiger partial charge is 0.312 e. The summed E-state index contributed by atoms with van der Waals surface area (Å²) in [5.74, 6) is 0.00738. The van der Waals surface area contributed by atoms with Crippen LogP contribution in [0.25, 0.3) is 0 Å². The van der Waals surface area contributed by atoms with Crippen LogP contribution in [0.2, 0.25) is 0 Å². The van der Waals surface area contributed by atoms with E-state index in [0.29, 0.717) is 0 Å². The second-order valence-corrected chi connectivity index (χ2v) is 8.86. The molecule has 0 radical (unpaired) electrons. The van der Waals surface area contributed by atoms with Crippen molar-refractivity contribution in [3.05, 3.63) is 0 Å². The lowest BCUT2D eigenvalue weighted by Gasteiger charge is -2.34. The molecule has 0 unspecified atom stereocenters. The van der Waals surface area contributed by atoms with Crippen molar-refractivity contribution >= 4 is 5.97 Å². The summed E-state index contributed by atoms with van der Waals surface area (Å²) in [7, 11) is 0. The number of carbonyl (C=O) groups excluding carboxylic acids is 1. The van der Waals surface area contributed by atoms with Crippen LogP contribution in [-0.4, -0.2) is 11.6 Å². The van der Waals surface area contributed by atoms with Crippen molar-refractivity contribution in [2.45, 2.75) is 130 Å². The Labute approximate surface area is 151 Å². The highest BCUT2D eigenvalue weighted by Gasteiger charge is 2.35. The molecule has 0 N–H and O–H groups in total. The van der Waals surface area contributed by atoms with Crippen LogP contribution in [0.5, 0.6) is 0 Å².